The molecule has 4 aromatic rings. The Kier molecular flexibility index (Phi) is 7.49. The number of anilines is 1. The molecule has 2 N–H and O–H groups in total. The molecule has 0 aliphatic rings. The molecule has 4 nitrogen and oxygen atoms in total. The van der Waals surface area contributed by atoms with Crippen LogP contribution in [0.2, 0.25) is 0 Å². The van der Waals surface area contributed by atoms with E-state index in [9.17, 15) is 22.4 Å². The number of imidazole rings is 1. The van der Waals surface area contributed by atoms with Crippen molar-refractivity contribution in [3.8, 4) is 22.5 Å². The Morgan fingerprint density at radius 3 is 1.97 bits per heavy atom. The van der Waals surface area contributed by atoms with E-state index in [1.807, 2.05) is 67.7 Å². The van der Waals surface area contributed by atoms with E-state index >= 15 is 0 Å². The molecular formula is C27H23F4N3OS. The topological polar surface area (TPSA) is 57.8 Å². The fourth-order valence-corrected chi connectivity index (χ4v) is 4.51. The zero-order valence-corrected chi connectivity index (χ0v) is 20.6. The van der Waals surface area contributed by atoms with Gasteiger partial charge >= 0.3 is 0 Å². The number of amides is 1. The zero-order chi connectivity index (χ0) is 26.0. The molecule has 0 aliphatic carbocycles. The molecule has 4 rings (SSSR count). The summed E-state index contributed by atoms with van der Waals surface area (Å²) in [5, 5.41) is 1.56. The summed E-state index contributed by atoms with van der Waals surface area (Å²) in [5.74, 6) is -7.33. The van der Waals surface area contributed by atoms with Gasteiger partial charge in [-0.1, -0.05) is 78.3 Å². The fraction of sp³-hybridized carbons (Fsp3) is 0.185. The number of aryl methyl sites for hydroxylation is 2. The number of thioether (sulfide) groups is 1. The lowest BCUT2D eigenvalue weighted by molar-refractivity contribution is -0.115. The van der Waals surface area contributed by atoms with Gasteiger partial charge in [-0.2, -0.15) is 0 Å². The molecule has 0 radical (unpaired) electrons. The predicted molar refractivity (Wildman–Crippen MR) is 134 cm³/mol. The number of nitrogens with zero attached hydrogens (tertiary/aromatic N) is 1. The normalized spacial score (nSPS) is 12.0. The highest BCUT2D eigenvalue weighted by Crippen LogP contribution is 2.35. The molecule has 0 spiro atoms. The molecule has 1 aromatic heterocycles. The van der Waals surface area contributed by atoms with Crippen molar-refractivity contribution >= 4 is 23.4 Å². The van der Waals surface area contributed by atoms with Gasteiger partial charge in [0, 0.05) is 17.2 Å². The average Bonchev–Trinajstić information content (AvgIpc) is 3.28. The van der Waals surface area contributed by atoms with Crippen LogP contribution in [0.25, 0.3) is 22.5 Å². The van der Waals surface area contributed by atoms with Crippen molar-refractivity contribution in [1.29, 1.82) is 0 Å². The van der Waals surface area contributed by atoms with Gasteiger partial charge in [-0.25, -0.2) is 22.5 Å². The maximum Gasteiger partial charge on any atom is 0.238 e. The Balaban J connectivity index is 1.66. The van der Waals surface area contributed by atoms with Crippen molar-refractivity contribution in [2.24, 2.45) is 0 Å². The van der Waals surface area contributed by atoms with Gasteiger partial charge in [0.2, 0.25) is 5.91 Å². The molecule has 0 aliphatic heterocycles. The van der Waals surface area contributed by atoms with E-state index in [-0.39, 0.29) is 12.5 Å². The molecule has 0 saturated carbocycles. The van der Waals surface area contributed by atoms with E-state index in [2.05, 4.69) is 4.98 Å². The van der Waals surface area contributed by atoms with Crippen LogP contribution >= 0.6 is 11.8 Å². The maximum absolute atomic E-state index is 14.1. The first-order chi connectivity index (χ1) is 17.2. The second-order valence-electron chi connectivity index (χ2n) is 8.34. The second kappa shape index (κ2) is 10.6. The Bertz CT molecular complexity index is 1310. The van der Waals surface area contributed by atoms with Gasteiger partial charge < -0.3 is 10.3 Å². The van der Waals surface area contributed by atoms with Crippen molar-refractivity contribution in [2.75, 3.05) is 5.32 Å². The molecular weight excluding hydrogens is 490 g/mol. The SMILES string of the molecule is CCC(Sc1nc(-c2ccc(C)cc2)c(-c2ccc(C)cc2)[nH]1)C(=O)Nc1c(F)c(F)cc(F)c1F. The predicted octanol–water partition coefficient (Wildman–Crippen LogP) is 7.43. The van der Waals surface area contributed by atoms with Crippen LogP contribution in [0, 0.1) is 37.1 Å². The third kappa shape index (κ3) is 5.31. The zero-order valence-electron chi connectivity index (χ0n) is 19.8. The first-order valence-corrected chi connectivity index (χ1v) is 12.1. The number of rotatable bonds is 7. The largest absolute Gasteiger partial charge is 0.332 e. The van der Waals surface area contributed by atoms with Crippen LogP contribution in [-0.4, -0.2) is 21.1 Å². The highest BCUT2D eigenvalue weighted by molar-refractivity contribution is 8.00. The minimum Gasteiger partial charge on any atom is -0.332 e. The van der Waals surface area contributed by atoms with Crippen LogP contribution in [0.3, 0.4) is 0 Å². The minimum absolute atomic E-state index is 0.0917. The van der Waals surface area contributed by atoms with Crippen LogP contribution in [0.4, 0.5) is 23.2 Å². The molecule has 1 unspecified atom stereocenters. The lowest BCUT2D eigenvalue weighted by Gasteiger charge is -2.14. The summed E-state index contributed by atoms with van der Waals surface area (Å²) >= 11 is 1.06. The molecule has 1 amide bonds. The number of carbonyl (C=O) groups is 1. The molecule has 3 aromatic carbocycles. The van der Waals surface area contributed by atoms with Gasteiger partial charge in [0.05, 0.1) is 16.6 Å². The van der Waals surface area contributed by atoms with E-state index in [0.717, 1.165) is 39.7 Å². The van der Waals surface area contributed by atoms with Crippen molar-refractivity contribution < 1.29 is 22.4 Å². The van der Waals surface area contributed by atoms with Gasteiger partial charge in [-0.3, -0.25) is 4.79 Å². The van der Waals surface area contributed by atoms with E-state index in [1.165, 1.54) is 0 Å². The standard InChI is InChI=1S/C27H23F4N3OS/c1-4-20(26(35)32-25-21(30)18(28)13-19(29)22(25)31)36-27-33-23(16-9-5-14(2)6-10-16)24(34-27)17-11-7-15(3)8-12-17/h5-13,20H,4H2,1-3H3,(H,32,35)(H,33,34). The number of hydrogen-bond donors (Lipinski definition) is 2. The fourth-order valence-electron chi connectivity index (χ4n) is 3.60. The van der Waals surface area contributed by atoms with Crippen LogP contribution in [-0.2, 0) is 4.79 Å². The van der Waals surface area contributed by atoms with E-state index in [1.54, 1.807) is 6.92 Å². The summed E-state index contributed by atoms with van der Waals surface area (Å²) in [6, 6.07) is 15.8. The van der Waals surface area contributed by atoms with Crippen molar-refractivity contribution in [3.63, 3.8) is 0 Å². The third-order valence-electron chi connectivity index (χ3n) is 5.62. The second-order valence-corrected chi connectivity index (χ2v) is 9.54. The molecule has 0 bridgehead atoms. The highest BCUT2D eigenvalue weighted by atomic mass is 32.2. The molecule has 0 fully saturated rings. The van der Waals surface area contributed by atoms with Gasteiger partial charge in [-0.05, 0) is 20.3 Å². The number of aromatic nitrogens is 2. The number of halogens is 4. The summed E-state index contributed by atoms with van der Waals surface area (Å²) < 4.78 is 55.3. The third-order valence-corrected chi connectivity index (χ3v) is 6.87. The molecule has 36 heavy (non-hydrogen) atoms. The number of hydrogen-bond acceptors (Lipinski definition) is 3. The molecule has 9 heteroatoms. The lowest BCUT2D eigenvalue weighted by Crippen LogP contribution is -2.26. The Labute approximate surface area is 210 Å². The van der Waals surface area contributed by atoms with Crippen LogP contribution < -0.4 is 5.32 Å². The van der Waals surface area contributed by atoms with Crippen LogP contribution in [0.15, 0.2) is 59.8 Å². The quantitative estimate of drug-likeness (QED) is 0.154. The van der Waals surface area contributed by atoms with Gasteiger partial charge in [0.25, 0.3) is 0 Å². The Morgan fingerprint density at radius 1 is 0.917 bits per heavy atom. The molecule has 1 atom stereocenters. The van der Waals surface area contributed by atoms with Crippen LogP contribution in [0.5, 0.6) is 0 Å². The summed E-state index contributed by atoms with van der Waals surface area (Å²) in [6.45, 7) is 5.68. The highest BCUT2D eigenvalue weighted by Gasteiger charge is 2.26. The van der Waals surface area contributed by atoms with Crippen molar-refractivity contribution in [3.05, 3.63) is 89.0 Å². The van der Waals surface area contributed by atoms with Gasteiger partial charge in [0.1, 0.15) is 5.69 Å². The first-order valence-electron chi connectivity index (χ1n) is 11.2. The van der Waals surface area contributed by atoms with Crippen molar-refractivity contribution in [1.82, 2.24) is 9.97 Å². The summed E-state index contributed by atoms with van der Waals surface area (Å²) in [7, 11) is 0. The van der Waals surface area contributed by atoms with E-state index in [0.29, 0.717) is 10.9 Å². The van der Waals surface area contributed by atoms with Gasteiger partial charge in [0.15, 0.2) is 28.4 Å². The minimum atomic E-state index is -1.66. The van der Waals surface area contributed by atoms with E-state index < -0.39 is 40.1 Å². The van der Waals surface area contributed by atoms with Gasteiger partial charge in [-0.15, -0.1) is 0 Å². The molecule has 0 saturated heterocycles. The number of benzene rings is 3. The number of nitrogens with one attached hydrogen (secondary N) is 2. The van der Waals surface area contributed by atoms with E-state index in [4.69, 9.17) is 4.98 Å². The monoisotopic (exact) mass is 513 g/mol. The van der Waals surface area contributed by atoms with Crippen molar-refractivity contribution in [2.45, 2.75) is 37.6 Å². The number of carbonyl (C=O) groups excluding carboxylic acids is 1. The Hall–Kier alpha value is -3.59. The summed E-state index contributed by atoms with van der Waals surface area (Å²) in [4.78, 5) is 20.8. The molecule has 1 heterocycles. The maximum atomic E-state index is 14.1. The first kappa shape index (κ1) is 25.5. The summed E-state index contributed by atoms with van der Waals surface area (Å²) in [6.07, 6.45) is 0.262. The van der Waals surface area contributed by atoms with Crippen LogP contribution in [0.1, 0.15) is 24.5 Å². The smallest absolute Gasteiger partial charge is 0.238 e. The number of aromatic amines is 1. The summed E-state index contributed by atoms with van der Waals surface area (Å²) in [5.41, 5.74) is 4.24. The Morgan fingerprint density at radius 2 is 1.44 bits per heavy atom. The molecule has 186 valence electrons. The lowest BCUT2D eigenvalue weighted by atomic mass is 10.0. The average molecular weight is 514 g/mol. The number of H-pyrrole nitrogens is 1.